The Morgan fingerprint density at radius 1 is 1.00 bits per heavy atom. The van der Waals surface area contributed by atoms with Crippen molar-refractivity contribution >= 4 is 5.69 Å². The van der Waals surface area contributed by atoms with Crippen molar-refractivity contribution in [2.45, 2.75) is 25.4 Å². The van der Waals surface area contributed by atoms with Crippen molar-refractivity contribution in [3.63, 3.8) is 0 Å². The number of methoxy groups -OCH3 is 2. The first-order valence-electron chi connectivity index (χ1n) is 8.53. The zero-order valence-corrected chi connectivity index (χ0v) is 14.5. The fourth-order valence-corrected chi connectivity index (χ4v) is 3.22. The summed E-state index contributed by atoms with van der Waals surface area (Å²) in [6.07, 6.45) is 2.26. The normalized spacial score (nSPS) is 15.9. The summed E-state index contributed by atoms with van der Waals surface area (Å²) in [4.78, 5) is 2.52. The second kappa shape index (κ2) is 8.06. The van der Waals surface area contributed by atoms with Crippen LogP contribution in [0, 0.1) is 0 Å². The molecule has 1 fully saturated rings. The maximum absolute atomic E-state index is 5.46. The number of rotatable bonds is 6. The molecule has 0 aromatic heterocycles. The van der Waals surface area contributed by atoms with Crippen LogP contribution in [-0.2, 0) is 6.54 Å². The van der Waals surface area contributed by atoms with E-state index in [-0.39, 0.29) is 0 Å². The largest absolute Gasteiger partial charge is 0.497 e. The molecule has 1 aliphatic rings. The minimum absolute atomic E-state index is 0.470. The van der Waals surface area contributed by atoms with Crippen LogP contribution in [0.1, 0.15) is 18.4 Å². The van der Waals surface area contributed by atoms with E-state index < -0.39 is 0 Å². The van der Waals surface area contributed by atoms with Gasteiger partial charge in [-0.15, -0.1) is 0 Å². The van der Waals surface area contributed by atoms with E-state index in [9.17, 15) is 0 Å². The highest BCUT2D eigenvalue weighted by Gasteiger charge is 2.20. The molecule has 2 aromatic carbocycles. The van der Waals surface area contributed by atoms with E-state index in [1.165, 1.54) is 5.56 Å². The monoisotopic (exact) mass is 326 g/mol. The molecular formula is C20H26N2O2. The molecule has 1 N–H and O–H groups in total. The molecule has 0 amide bonds. The van der Waals surface area contributed by atoms with Crippen molar-refractivity contribution < 1.29 is 9.47 Å². The van der Waals surface area contributed by atoms with Gasteiger partial charge in [0.1, 0.15) is 11.5 Å². The maximum atomic E-state index is 5.46. The molecule has 1 heterocycles. The zero-order valence-electron chi connectivity index (χ0n) is 14.5. The molecule has 0 bridgehead atoms. The van der Waals surface area contributed by atoms with Crippen LogP contribution in [0.2, 0.25) is 0 Å². The standard InChI is InChI=1S/C20H26N2O2/c1-23-18-8-9-20(24-2)19(14-18)21-17-10-12-22(13-11-17)15-16-6-4-3-5-7-16/h3-9,14,17,21H,10-13,15H2,1-2H3. The third kappa shape index (κ3) is 4.20. The predicted molar refractivity (Wildman–Crippen MR) is 97.9 cm³/mol. The minimum Gasteiger partial charge on any atom is -0.497 e. The van der Waals surface area contributed by atoms with E-state index in [0.717, 1.165) is 49.7 Å². The summed E-state index contributed by atoms with van der Waals surface area (Å²) >= 11 is 0. The lowest BCUT2D eigenvalue weighted by molar-refractivity contribution is 0.211. The minimum atomic E-state index is 0.470. The highest BCUT2D eigenvalue weighted by atomic mass is 16.5. The van der Waals surface area contributed by atoms with Crippen LogP contribution in [-0.4, -0.2) is 38.3 Å². The SMILES string of the molecule is COc1ccc(OC)c(NC2CCN(Cc3ccccc3)CC2)c1. The van der Waals surface area contributed by atoms with Gasteiger partial charge in [0.25, 0.3) is 0 Å². The van der Waals surface area contributed by atoms with Gasteiger partial charge in [-0.05, 0) is 30.5 Å². The average Bonchev–Trinajstić information content (AvgIpc) is 2.64. The molecule has 2 aromatic rings. The highest BCUT2D eigenvalue weighted by Crippen LogP contribution is 2.30. The third-order valence-corrected chi connectivity index (χ3v) is 4.60. The van der Waals surface area contributed by atoms with Gasteiger partial charge in [-0.1, -0.05) is 30.3 Å². The van der Waals surface area contributed by atoms with E-state index in [1.54, 1.807) is 14.2 Å². The topological polar surface area (TPSA) is 33.7 Å². The van der Waals surface area contributed by atoms with Crippen molar-refractivity contribution in [3.05, 3.63) is 54.1 Å². The number of anilines is 1. The first kappa shape index (κ1) is 16.7. The molecule has 128 valence electrons. The summed E-state index contributed by atoms with van der Waals surface area (Å²) < 4.78 is 10.8. The average molecular weight is 326 g/mol. The number of hydrogen-bond acceptors (Lipinski definition) is 4. The Morgan fingerprint density at radius 2 is 1.75 bits per heavy atom. The number of nitrogens with one attached hydrogen (secondary N) is 1. The summed E-state index contributed by atoms with van der Waals surface area (Å²) in [5.41, 5.74) is 2.40. The molecule has 0 aliphatic carbocycles. The molecule has 1 aliphatic heterocycles. The summed E-state index contributed by atoms with van der Waals surface area (Å²) in [7, 11) is 3.39. The molecule has 1 saturated heterocycles. The molecule has 0 saturated carbocycles. The van der Waals surface area contributed by atoms with Gasteiger partial charge >= 0.3 is 0 Å². The van der Waals surface area contributed by atoms with Crippen molar-refractivity contribution in [3.8, 4) is 11.5 Å². The van der Waals surface area contributed by atoms with Crippen molar-refractivity contribution in [1.29, 1.82) is 0 Å². The predicted octanol–water partition coefficient (Wildman–Crippen LogP) is 3.78. The van der Waals surface area contributed by atoms with Gasteiger partial charge in [-0.3, -0.25) is 4.90 Å². The lowest BCUT2D eigenvalue weighted by Gasteiger charge is -2.33. The number of hydrogen-bond donors (Lipinski definition) is 1. The molecule has 0 atom stereocenters. The van der Waals surface area contributed by atoms with Gasteiger partial charge in [-0.2, -0.15) is 0 Å². The third-order valence-electron chi connectivity index (χ3n) is 4.60. The highest BCUT2D eigenvalue weighted by molar-refractivity contribution is 5.60. The molecular weight excluding hydrogens is 300 g/mol. The zero-order chi connectivity index (χ0) is 16.8. The van der Waals surface area contributed by atoms with Gasteiger partial charge in [0.2, 0.25) is 0 Å². The molecule has 0 spiro atoms. The van der Waals surface area contributed by atoms with Gasteiger partial charge in [0.15, 0.2) is 0 Å². The first-order valence-corrected chi connectivity index (χ1v) is 8.53. The number of nitrogens with zero attached hydrogens (tertiary/aromatic N) is 1. The van der Waals surface area contributed by atoms with Crippen LogP contribution >= 0.6 is 0 Å². The summed E-state index contributed by atoms with van der Waals surface area (Å²) in [5, 5.41) is 3.63. The molecule has 3 rings (SSSR count). The van der Waals surface area contributed by atoms with E-state index in [1.807, 2.05) is 18.2 Å². The summed E-state index contributed by atoms with van der Waals surface area (Å²) in [6.45, 7) is 3.26. The maximum Gasteiger partial charge on any atom is 0.142 e. The van der Waals surface area contributed by atoms with Crippen molar-refractivity contribution in [2.24, 2.45) is 0 Å². The van der Waals surface area contributed by atoms with Crippen LogP contribution in [0.5, 0.6) is 11.5 Å². The van der Waals surface area contributed by atoms with Crippen LogP contribution < -0.4 is 14.8 Å². The van der Waals surface area contributed by atoms with Crippen molar-refractivity contribution in [1.82, 2.24) is 4.90 Å². The van der Waals surface area contributed by atoms with E-state index in [2.05, 4.69) is 40.5 Å². The second-order valence-electron chi connectivity index (χ2n) is 6.25. The second-order valence-corrected chi connectivity index (χ2v) is 6.25. The quantitative estimate of drug-likeness (QED) is 0.876. The first-order chi connectivity index (χ1) is 11.8. The molecule has 0 unspecified atom stereocenters. The Kier molecular flexibility index (Phi) is 5.59. The number of likely N-dealkylation sites (tertiary alicyclic amines) is 1. The Hall–Kier alpha value is -2.20. The van der Waals surface area contributed by atoms with Crippen LogP contribution in [0.4, 0.5) is 5.69 Å². The Labute approximate surface area is 144 Å². The van der Waals surface area contributed by atoms with Gasteiger partial charge in [0.05, 0.1) is 19.9 Å². The number of piperidine rings is 1. The fraction of sp³-hybridized carbons (Fsp3) is 0.400. The molecule has 24 heavy (non-hydrogen) atoms. The fourth-order valence-electron chi connectivity index (χ4n) is 3.22. The van der Waals surface area contributed by atoms with Crippen LogP contribution in [0.3, 0.4) is 0 Å². The Bertz CT molecular complexity index is 637. The van der Waals surface area contributed by atoms with E-state index >= 15 is 0 Å². The van der Waals surface area contributed by atoms with E-state index in [0.29, 0.717) is 6.04 Å². The molecule has 4 heteroatoms. The summed E-state index contributed by atoms with van der Waals surface area (Å²) in [5.74, 6) is 1.71. The Balaban J connectivity index is 1.55. The number of ether oxygens (including phenoxy) is 2. The summed E-state index contributed by atoms with van der Waals surface area (Å²) in [6, 6.07) is 17.0. The number of benzene rings is 2. The van der Waals surface area contributed by atoms with Crippen LogP contribution in [0.25, 0.3) is 0 Å². The van der Waals surface area contributed by atoms with E-state index in [4.69, 9.17) is 9.47 Å². The lowest BCUT2D eigenvalue weighted by atomic mass is 10.0. The lowest BCUT2D eigenvalue weighted by Crippen LogP contribution is -2.38. The van der Waals surface area contributed by atoms with Crippen molar-refractivity contribution in [2.75, 3.05) is 32.6 Å². The van der Waals surface area contributed by atoms with Crippen LogP contribution in [0.15, 0.2) is 48.5 Å². The van der Waals surface area contributed by atoms with Gasteiger partial charge < -0.3 is 14.8 Å². The molecule has 4 nitrogen and oxygen atoms in total. The van der Waals surface area contributed by atoms with Gasteiger partial charge in [0, 0.05) is 31.7 Å². The smallest absolute Gasteiger partial charge is 0.142 e. The molecule has 0 radical (unpaired) electrons. The Morgan fingerprint density at radius 3 is 2.42 bits per heavy atom. The van der Waals surface area contributed by atoms with Gasteiger partial charge in [-0.25, -0.2) is 0 Å².